The molecule has 1 fully saturated rings. The van der Waals surface area contributed by atoms with Crippen molar-refractivity contribution in [1.29, 1.82) is 0 Å². The zero-order valence-electron chi connectivity index (χ0n) is 16.2. The van der Waals surface area contributed by atoms with E-state index in [-0.39, 0.29) is 10.8 Å². The van der Waals surface area contributed by atoms with Gasteiger partial charge in [-0.15, -0.1) is 0 Å². The fourth-order valence-electron chi connectivity index (χ4n) is 2.91. The van der Waals surface area contributed by atoms with E-state index < -0.39 is 16.1 Å². The summed E-state index contributed by atoms with van der Waals surface area (Å²) in [5.74, 6) is 0.292. The van der Waals surface area contributed by atoms with Crippen molar-refractivity contribution in [3.63, 3.8) is 0 Å². The molecule has 0 saturated carbocycles. The van der Waals surface area contributed by atoms with Crippen LogP contribution < -0.4 is 9.46 Å². The van der Waals surface area contributed by atoms with Crippen LogP contribution >= 0.6 is 11.6 Å². The number of sulfonamides is 1. The number of carbonyl (C=O) groups is 1. The van der Waals surface area contributed by atoms with E-state index in [2.05, 4.69) is 4.72 Å². The lowest BCUT2D eigenvalue weighted by atomic mass is 10.2. The summed E-state index contributed by atoms with van der Waals surface area (Å²) in [6.07, 6.45) is -0.678. The van der Waals surface area contributed by atoms with Gasteiger partial charge in [0, 0.05) is 18.1 Å². The van der Waals surface area contributed by atoms with Crippen LogP contribution in [0.1, 0.15) is 12.5 Å². The van der Waals surface area contributed by atoms with Crippen LogP contribution in [-0.2, 0) is 19.6 Å². The monoisotopic (exact) mass is 438 g/mol. The highest BCUT2D eigenvalue weighted by Crippen LogP contribution is 2.26. The number of nitrogens with zero attached hydrogens (tertiary/aromatic N) is 1. The van der Waals surface area contributed by atoms with Crippen molar-refractivity contribution in [2.45, 2.75) is 24.8 Å². The van der Waals surface area contributed by atoms with Crippen molar-refractivity contribution >= 4 is 33.2 Å². The second-order valence-electron chi connectivity index (χ2n) is 6.69. The minimum Gasteiger partial charge on any atom is -0.481 e. The minimum atomic E-state index is -3.78. The number of amides is 1. The zero-order valence-corrected chi connectivity index (χ0v) is 17.8. The van der Waals surface area contributed by atoms with Crippen molar-refractivity contribution in [1.82, 2.24) is 4.90 Å². The SMILES string of the molecule is Cc1c(Cl)cccc1NS(=O)(=O)c1ccc(O[C@@H](C)C(=O)N2CCOCC2)cc1. The van der Waals surface area contributed by atoms with E-state index >= 15 is 0 Å². The summed E-state index contributed by atoms with van der Waals surface area (Å²) in [5, 5.41) is 0.480. The van der Waals surface area contributed by atoms with Crippen LogP contribution in [-0.4, -0.2) is 51.6 Å². The van der Waals surface area contributed by atoms with Crippen molar-refractivity contribution in [3.8, 4) is 5.75 Å². The fourth-order valence-corrected chi connectivity index (χ4v) is 4.21. The number of hydrogen-bond donors (Lipinski definition) is 1. The Bertz CT molecular complexity index is 973. The topological polar surface area (TPSA) is 84.9 Å². The molecule has 0 radical (unpaired) electrons. The molecule has 0 bridgehead atoms. The second-order valence-corrected chi connectivity index (χ2v) is 8.78. The molecule has 0 aliphatic carbocycles. The van der Waals surface area contributed by atoms with Crippen molar-refractivity contribution in [2.24, 2.45) is 0 Å². The van der Waals surface area contributed by atoms with Gasteiger partial charge in [0.1, 0.15) is 5.75 Å². The molecule has 1 saturated heterocycles. The molecule has 0 aromatic heterocycles. The number of morpholine rings is 1. The fraction of sp³-hybridized carbons (Fsp3) is 0.350. The zero-order chi connectivity index (χ0) is 21.0. The normalized spacial score (nSPS) is 15.6. The lowest BCUT2D eigenvalue weighted by molar-refractivity contribution is -0.142. The third-order valence-corrected chi connectivity index (χ3v) is 6.42. The highest BCUT2D eigenvalue weighted by molar-refractivity contribution is 7.92. The maximum absolute atomic E-state index is 12.6. The van der Waals surface area contributed by atoms with Crippen LogP contribution in [0, 0.1) is 6.92 Å². The Morgan fingerprint density at radius 2 is 1.83 bits per heavy atom. The molecule has 2 aromatic rings. The first-order valence-electron chi connectivity index (χ1n) is 9.19. The van der Waals surface area contributed by atoms with Gasteiger partial charge >= 0.3 is 0 Å². The number of rotatable bonds is 6. The number of benzene rings is 2. The Kier molecular flexibility index (Phi) is 6.66. The maximum Gasteiger partial charge on any atom is 0.263 e. The number of halogens is 1. The largest absolute Gasteiger partial charge is 0.481 e. The summed E-state index contributed by atoms with van der Waals surface area (Å²) in [6, 6.07) is 10.9. The van der Waals surface area contributed by atoms with Gasteiger partial charge in [-0.05, 0) is 55.8 Å². The van der Waals surface area contributed by atoms with Gasteiger partial charge in [0.25, 0.3) is 15.9 Å². The molecule has 29 heavy (non-hydrogen) atoms. The first-order chi connectivity index (χ1) is 13.8. The summed E-state index contributed by atoms with van der Waals surface area (Å²) in [4.78, 5) is 14.2. The second kappa shape index (κ2) is 9.02. The molecule has 3 rings (SSSR count). The molecule has 156 valence electrons. The summed E-state index contributed by atoms with van der Waals surface area (Å²) >= 11 is 6.05. The number of hydrogen-bond acceptors (Lipinski definition) is 5. The van der Waals surface area contributed by atoms with Gasteiger partial charge in [-0.3, -0.25) is 9.52 Å². The van der Waals surface area contributed by atoms with Crippen LogP contribution in [0.25, 0.3) is 0 Å². The Balaban J connectivity index is 1.67. The maximum atomic E-state index is 12.6. The average Bonchev–Trinajstić information content (AvgIpc) is 2.72. The lowest BCUT2D eigenvalue weighted by Gasteiger charge is -2.29. The third kappa shape index (κ3) is 5.20. The number of nitrogens with one attached hydrogen (secondary N) is 1. The van der Waals surface area contributed by atoms with Gasteiger partial charge in [-0.25, -0.2) is 8.42 Å². The van der Waals surface area contributed by atoms with Gasteiger partial charge < -0.3 is 14.4 Å². The van der Waals surface area contributed by atoms with Crippen LogP contribution in [0.2, 0.25) is 5.02 Å². The Morgan fingerprint density at radius 3 is 2.48 bits per heavy atom. The van der Waals surface area contributed by atoms with Crippen LogP contribution in [0.15, 0.2) is 47.4 Å². The first-order valence-corrected chi connectivity index (χ1v) is 11.1. The number of ether oxygens (including phenoxy) is 2. The van der Waals surface area contributed by atoms with Gasteiger partial charge in [-0.2, -0.15) is 0 Å². The summed E-state index contributed by atoms with van der Waals surface area (Å²) in [6.45, 7) is 5.53. The standard InChI is InChI=1S/C20H23ClN2O5S/c1-14-18(21)4-3-5-19(14)22-29(25,26)17-8-6-16(7-9-17)28-15(2)20(24)23-10-12-27-13-11-23/h3-9,15,22H,10-13H2,1-2H3/t15-/m0/s1. The molecule has 1 N–H and O–H groups in total. The molecule has 1 aliphatic rings. The van der Waals surface area contributed by atoms with Crippen molar-refractivity contribution in [2.75, 3.05) is 31.0 Å². The summed E-state index contributed by atoms with van der Waals surface area (Å²) in [7, 11) is -3.78. The average molecular weight is 439 g/mol. The van der Waals surface area contributed by atoms with Gasteiger partial charge in [0.2, 0.25) is 0 Å². The molecular formula is C20H23ClN2O5S. The van der Waals surface area contributed by atoms with E-state index in [0.29, 0.717) is 48.3 Å². The molecule has 0 unspecified atom stereocenters. The smallest absolute Gasteiger partial charge is 0.263 e. The van der Waals surface area contributed by atoms with Crippen molar-refractivity contribution < 1.29 is 22.7 Å². The predicted octanol–water partition coefficient (Wildman–Crippen LogP) is 3.08. The molecule has 7 nitrogen and oxygen atoms in total. The van der Waals surface area contributed by atoms with Gasteiger partial charge in [-0.1, -0.05) is 17.7 Å². The van der Waals surface area contributed by atoms with Crippen molar-refractivity contribution in [3.05, 3.63) is 53.1 Å². The highest BCUT2D eigenvalue weighted by Gasteiger charge is 2.24. The predicted molar refractivity (Wildman–Crippen MR) is 111 cm³/mol. The quantitative estimate of drug-likeness (QED) is 0.749. The van der Waals surface area contributed by atoms with Gasteiger partial charge in [0.05, 0.1) is 23.8 Å². The van der Waals surface area contributed by atoms with E-state index in [9.17, 15) is 13.2 Å². The molecule has 1 atom stereocenters. The summed E-state index contributed by atoms with van der Waals surface area (Å²) in [5.41, 5.74) is 1.07. The molecule has 0 spiro atoms. The van der Waals surface area contributed by atoms with E-state index in [1.54, 1.807) is 36.9 Å². The minimum absolute atomic E-state index is 0.0800. The molecule has 1 amide bonds. The molecular weight excluding hydrogens is 416 g/mol. The Hall–Kier alpha value is -2.29. The Morgan fingerprint density at radius 1 is 1.17 bits per heavy atom. The van der Waals surface area contributed by atoms with Crippen LogP contribution in [0.5, 0.6) is 5.75 Å². The molecule has 1 aliphatic heterocycles. The summed E-state index contributed by atoms with van der Waals surface area (Å²) < 4.78 is 38.8. The number of anilines is 1. The van der Waals surface area contributed by atoms with E-state index in [0.717, 1.165) is 0 Å². The third-order valence-electron chi connectivity index (χ3n) is 4.63. The van der Waals surface area contributed by atoms with E-state index in [1.807, 2.05) is 0 Å². The van der Waals surface area contributed by atoms with Crippen LogP contribution in [0.3, 0.4) is 0 Å². The highest BCUT2D eigenvalue weighted by atomic mass is 35.5. The van der Waals surface area contributed by atoms with E-state index in [1.165, 1.54) is 24.3 Å². The molecule has 2 aromatic carbocycles. The number of carbonyl (C=O) groups excluding carboxylic acids is 1. The van der Waals surface area contributed by atoms with E-state index in [4.69, 9.17) is 21.1 Å². The Labute approximate surface area is 175 Å². The first kappa shape index (κ1) is 21.4. The van der Waals surface area contributed by atoms with Crippen LogP contribution in [0.4, 0.5) is 5.69 Å². The molecule has 1 heterocycles. The lowest BCUT2D eigenvalue weighted by Crippen LogP contribution is -2.46. The molecule has 9 heteroatoms. The van der Waals surface area contributed by atoms with Gasteiger partial charge in [0.15, 0.2) is 6.10 Å².